The van der Waals surface area contributed by atoms with Crippen LogP contribution in [0.2, 0.25) is 5.02 Å². The molecule has 1 unspecified atom stereocenters. The second-order valence-corrected chi connectivity index (χ2v) is 7.27. The predicted molar refractivity (Wildman–Crippen MR) is 103 cm³/mol. The largest absolute Gasteiger partial charge is 0.484 e. The van der Waals surface area contributed by atoms with Crippen molar-refractivity contribution < 1.29 is 9.15 Å². The Balaban J connectivity index is 1.62. The van der Waals surface area contributed by atoms with Crippen LogP contribution >= 0.6 is 11.6 Å². The van der Waals surface area contributed by atoms with Gasteiger partial charge in [-0.3, -0.25) is 0 Å². The van der Waals surface area contributed by atoms with Crippen molar-refractivity contribution in [3.05, 3.63) is 76.5 Å². The molecule has 2 aromatic carbocycles. The summed E-state index contributed by atoms with van der Waals surface area (Å²) in [7, 11) is 0. The van der Waals surface area contributed by atoms with Crippen LogP contribution in [0.15, 0.2) is 52.9 Å². The molecule has 1 atom stereocenters. The quantitative estimate of drug-likeness (QED) is 0.539. The minimum atomic E-state index is 0.0416. The maximum atomic E-state index is 5.86. The number of hydrogen-bond donors (Lipinski definition) is 0. The minimum Gasteiger partial charge on any atom is -0.484 e. The van der Waals surface area contributed by atoms with Gasteiger partial charge in [-0.2, -0.15) is 0 Å². The second-order valence-electron chi connectivity index (χ2n) is 6.84. The normalized spacial score (nSPS) is 12.3. The summed E-state index contributed by atoms with van der Waals surface area (Å²) in [6.07, 6.45) is 1.08. The summed E-state index contributed by atoms with van der Waals surface area (Å²) in [5, 5.41) is 8.93. The van der Waals surface area contributed by atoms with Crippen LogP contribution in [0.3, 0.4) is 0 Å². The Morgan fingerprint density at radius 2 is 1.65 bits per heavy atom. The number of nitrogens with zero attached hydrogens (tertiary/aromatic N) is 2. The van der Waals surface area contributed by atoms with E-state index in [-0.39, 0.29) is 12.5 Å². The van der Waals surface area contributed by atoms with Gasteiger partial charge in [-0.1, -0.05) is 49.7 Å². The van der Waals surface area contributed by atoms with Gasteiger partial charge in [0.25, 0.3) is 5.89 Å². The highest BCUT2D eigenvalue weighted by Gasteiger charge is 2.16. The van der Waals surface area contributed by atoms with Gasteiger partial charge in [-0.15, -0.1) is 10.2 Å². The molecule has 0 aliphatic heterocycles. The van der Waals surface area contributed by atoms with Gasteiger partial charge >= 0.3 is 0 Å². The average molecular weight is 371 g/mol. The second kappa shape index (κ2) is 8.37. The number of ether oxygens (including phenoxy) is 1. The number of aromatic nitrogens is 2. The molecule has 3 rings (SSSR count). The molecular formula is C21H23ClN2O2. The van der Waals surface area contributed by atoms with Crippen LogP contribution in [0.4, 0.5) is 0 Å². The first kappa shape index (κ1) is 18.5. The van der Waals surface area contributed by atoms with Crippen molar-refractivity contribution in [1.82, 2.24) is 10.2 Å². The van der Waals surface area contributed by atoms with E-state index in [4.69, 9.17) is 20.8 Å². The van der Waals surface area contributed by atoms with Crippen molar-refractivity contribution in [2.75, 3.05) is 0 Å². The molecule has 4 nitrogen and oxygen atoms in total. The summed E-state index contributed by atoms with van der Waals surface area (Å²) in [6, 6.07) is 15.8. The fraction of sp³-hybridized carbons (Fsp3) is 0.333. The van der Waals surface area contributed by atoms with E-state index in [1.807, 2.05) is 0 Å². The molecule has 1 heterocycles. The Hall–Kier alpha value is -2.33. The molecule has 0 aliphatic rings. The van der Waals surface area contributed by atoms with Crippen molar-refractivity contribution in [2.45, 2.75) is 39.7 Å². The Labute approximate surface area is 159 Å². The average Bonchev–Trinajstić information content (AvgIpc) is 3.10. The number of rotatable bonds is 7. The molecule has 3 aromatic rings. The molecule has 1 aromatic heterocycles. The van der Waals surface area contributed by atoms with Crippen LogP contribution in [0.5, 0.6) is 5.75 Å². The lowest BCUT2D eigenvalue weighted by atomic mass is 9.97. The molecule has 0 radical (unpaired) electrons. The maximum absolute atomic E-state index is 5.86. The van der Waals surface area contributed by atoms with Gasteiger partial charge in [0.2, 0.25) is 5.89 Å². The monoisotopic (exact) mass is 370 g/mol. The highest BCUT2D eigenvalue weighted by Crippen LogP contribution is 2.24. The van der Waals surface area contributed by atoms with Crippen molar-refractivity contribution in [1.29, 1.82) is 0 Å². The van der Waals surface area contributed by atoms with E-state index >= 15 is 0 Å². The Kier molecular flexibility index (Phi) is 5.94. The van der Waals surface area contributed by atoms with Crippen LogP contribution in [-0.2, 0) is 13.0 Å². The zero-order chi connectivity index (χ0) is 18.5. The highest BCUT2D eigenvalue weighted by atomic mass is 35.5. The maximum Gasteiger partial charge on any atom is 0.253 e. The molecule has 0 N–H and O–H groups in total. The number of benzene rings is 2. The summed E-state index contributed by atoms with van der Waals surface area (Å²) in [5.41, 5.74) is 2.50. The zero-order valence-electron chi connectivity index (χ0n) is 15.3. The van der Waals surface area contributed by atoms with Crippen LogP contribution in [0, 0.1) is 5.92 Å². The first-order valence-corrected chi connectivity index (χ1v) is 9.18. The summed E-state index contributed by atoms with van der Waals surface area (Å²) >= 11 is 5.86. The first-order chi connectivity index (χ1) is 12.5. The molecule has 0 amide bonds. The topological polar surface area (TPSA) is 48.2 Å². The van der Waals surface area contributed by atoms with Gasteiger partial charge in [0.05, 0.1) is 5.92 Å². The van der Waals surface area contributed by atoms with E-state index in [9.17, 15) is 0 Å². The molecule has 5 heteroatoms. The van der Waals surface area contributed by atoms with Gasteiger partial charge in [-0.25, -0.2) is 0 Å². The molecule has 26 heavy (non-hydrogen) atoms. The summed E-state index contributed by atoms with van der Waals surface area (Å²) in [6.45, 7) is 6.74. The molecule has 0 saturated heterocycles. The van der Waals surface area contributed by atoms with E-state index in [1.165, 1.54) is 5.56 Å². The van der Waals surface area contributed by atoms with Crippen LogP contribution in [0.25, 0.3) is 0 Å². The van der Waals surface area contributed by atoms with E-state index in [0.717, 1.165) is 12.0 Å². The minimum absolute atomic E-state index is 0.0416. The van der Waals surface area contributed by atoms with Gasteiger partial charge < -0.3 is 9.15 Å². The SMILES string of the molecule is CC(C)Cc1ccc(C(C)c2nnc(COc3ccc(Cl)cc3)o2)cc1. The van der Waals surface area contributed by atoms with Crippen LogP contribution < -0.4 is 4.74 Å². The van der Waals surface area contributed by atoms with Gasteiger partial charge in [-0.05, 0) is 54.7 Å². The van der Waals surface area contributed by atoms with E-state index in [1.54, 1.807) is 24.3 Å². The van der Waals surface area contributed by atoms with Gasteiger partial charge in [0, 0.05) is 5.02 Å². The molecule has 0 saturated carbocycles. The molecule has 0 aliphatic carbocycles. The van der Waals surface area contributed by atoms with Gasteiger partial charge in [0.1, 0.15) is 5.75 Å². The third-order valence-electron chi connectivity index (χ3n) is 4.15. The van der Waals surface area contributed by atoms with Crippen molar-refractivity contribution in [3.63, 3.8) is 0 Å². The van der Waals surface area contributed by atoms with E-state index < -0.39 is 0 Å². The van der Waals surface area contributed by atoms with E-state index in [2.05, 4.69) is 55.2 Å². The Morgan fingerprint density at radius 1 is 0.962 bits per heavy atom. The fourth-order valence-corrected chi connectivity index (χ4v) is 2.86. The zero-order valence-corrected chi connectivity index (χ0v) is 16.0. The molecular weight excluding hydrogens is 348 g/mol. The Morgan fingerprint density at radius 3 is 2.31 bits per heavy atom. The number of hydrogen-bond acceptors (Lipinski definition) is 4. The fourth-order valence-electron chi connectivity index (χ4n) is 2.73. The van der Waals surface area contributed by atoms with Crippen LogP contribution in [0.1, 0.15) is 49.6 Å². The molecule has 0 fully saturated rings. The lowest BCUT2D eigenvalue weighted by molar-refractivity contribution is 0.258. The molecule has 136 valence electrons. The van der Waals surface area contributed by atoms with Crippen LogP contribution in [-0.4, -0.2) is 10.2 Å². The first-order valence-electron chi connectivity index (χ1n) is 8.80. The highest BCUT2D eigenvalue weighted by molar-refractivity contribution is 6.30. The van der Waals surface area contributed by atoms with Gasteiger partial charge in [0.15, 0.2) is 6.61 Å². The third kappa shape index (κ3) is 4.85. The number of halogens is 1. The predicted octanol–water partition coefficient (Wildman–Crippen LogP) is 5.65. The van der Waals surface area contributed by atoms with Crippen molar-refractivity contribution >= 4 is 11.6 Å². The lowest BCUT2D eigenvalue weighted by Gasteiger charge is -2.09. The van der Waals surface area contributed by atoms with E-state index in [0.29, 0.717) is 28.5 Å². The summed E-state index contributed by atoms with van der Waals surface area (Å²) < 4.78 is 11.4. The molecule has 0 spiro atoms. The van der Waals surface area contributed by atoms with Crippen molar-refractivity contribution in [2.24, 2.45) is 5.92 Å². The smallest absolute Gasteiger partial charge is 0.253 e. The summed E-state index contributed by atoms with van der Waals surface area (Å²) in [5.74, 6) is 2.45. The van der Waals surface area contributed by atoms with Crippen molar-refractivity contribution in [3.8, 4) is 5.75 Å². The third-order valence-corrected chi connectivity index (χ3v) is 4.40. The summed E-state index contributed by atoms with van der Waals surface area (Å²) in [4.78, 5) is 0. The molecule has 0 bridgehead atoms. The Bertz CT molecular complexity index is 826. The standard InChI is InChI=1S/C21H23ClN2O2/c1-14(2)12-16-4-6-17(7-5-16)15(3)21-24-23-20(26-21)13-25-19-10-8-18(22)9-11-19/h4-11,14-15H,12-13H2,1-3H3. The lowest BCUT2D eigenvalue weighted by Crippen LogP contribution is -1.98.